The second-order valence-corrected chi connectivity index (χ2v) is 7.04. The van der Waals surface area contributed by atoms with E-state index in [0.29, 0.717) is 46.0 Å². The van der Waals surface area contributed by atoms with Crippen LogP contribution in [0.15, 0.2) is 53.3 Å². The van der Waals surface area contributed by atoms with Crippen LogP contribution in [-0.4, -0.2) is 32.2 Å². The third kappa shape index (κ3) is 3.22. The van der Waals surface area contributed by atoms with Crippen LogP contribution in [0.3, 0.4) is 0 Å². The molecule has 0 unspecified atom stereocenters. The van der Waals surface area contributed by atoms with Gasteiger partial charge in [-0.1, -0.05) is 35.5 Å². The van der Waals surface area contributed by atoms with E-state index in [4.69, 9.17) is 4.52 Å². The van der Waals surface area contributed by atoms with Crippen molar-refractivity contribution in [1.29, 1.82) is 0 Å². The maximum Gasteiger partial charge on any atom is 0.275 e. The molecular formula is C21H16FN5O2. The Morgan fingerprint density at radius 1 is 1.21 bits per heavy atom. The smallest absolute Gasteiger partial charge is 0.275 e. The summed E-state index contributed by atoms with van der Waals surface area (Å²) in [5.74, 6) is 0.0380. The van der Waals surface area contributed by atoms with Crippen LogP contribution in [0.2, 0.25) is 0 Å². The molecule has 0 saturated heterocycles. The first kappa shape index (κ1) is 17.4. The number of nitrogens with zero attached hydrogens (tertiary/aromatic N) is 4. The number of nitrogens with one attached hydrogen (secondary N) is 1. The van der Waals surface area contributed by atoms with Gasteiger partial charge in [-0.15, -0.1) is 0 Å². The molecule has 2 heterocycles. The minimum Gasteiger partial charge on any atom is -0.339 e. The average molecular weight is 389 g/mol. The van der Waals surface area contributed by atoms with E-state index in [-0.39, 0.29) is 11.8 Å². The topological polar surface area (TPSA) is 93.8 Å². The number of anilines is 1. The number of aromatic nitrogens is 4. The molecule has 2 aromatic heterocycles. The van der Waals surface area contributed by atoms with E-state index in [1.807, 2.05) is 43.3 Å². The van der Waals surface area contributed by atoms with Crippen LogP contribution in [0.4, 0.5) is 10.1 Å². The highest BCUT2D eigenvalue weighted by atomic mass is 19.1. The molecule has 1 fully saturated rings. The zero-order valence-electron chi connectivity index (χ0n) is 15.5. The molecule has 2 atom stereocenters. The van der Waals surface area contributed by atoms with Gasteiger partial charge in [0, 0.05) is 16.6 Å². The Balaban J connectivity index is 1.44. The van der Waals surface area contributed by atoms with Gasteiger partial charge in [-0.05, 0) is 31.0 Å². The third-order valence-corrected chi connectivity index (χ3v) is 4.97. The number of carbonyl (C=O) groups is 1. The fraction of sp³-hybridized carbons (Fsp3) is 0.190. The Morgan fingerprint density at radius 3 is 2.86 bits per heavy atom. The number of hydrogen-bond donors (Lipinski definition) is 1. The summed E-state index contributed by atoms with van der Waals surface area (Å²) in [5.41, 5.74) is 3.14. The summed E-state index contributed by atoms with van der Waals surface area (Å²) in [4.78, 5) is 25.5. The predicted octanol–water partition coefficient (Wildman–Crippen LogP) is 4.07. The molecule has 1 aliphatic carbocycles. The van der Waals surface area contributed by atoms with Gasteiger partial charge >= 0.3 is 0 Å². The quantitative estimate of drug-likeness (QED) is 0.566. The van der Waals surface area contributed by atoms with E-state index in [1.54, 1.807) is 6.07 Å². The zero-order valence-corrected chi connectivity index (χ0v) is 15.5. The summed E-state index contributed by atoms with van der Waals surface area (Å²) in [6, 6.07) is 12.8. The van der Waals surface area contributed by atoms with Crippen LogP contribution in [0.5, 0.6) is 0 Å². The van der Waals surface area contributed by atoms with Crippen LogP contribution < -0.4 is 5.32 Å². The van der Waals surface area contributed by atoms with Gasteiger partial charge in [0.2, 0.25) is 11.7 Å². The minimum absolute atomic E-state index is 0.296. The molecular weight excluding hydrogens is 373 g/mol. The molecule has 7 nitrogen and oxygen atoms in total. The van der Waals surface area contributed by atoms with E-state index in [9.17, 15) is 9.18 Å². The second-order valence-electron chi connectivity index (χ2n) is 7.04. The van der Waals surface area contributed by atoms with E-state index < -0.39 is 6.17 Å². The fourth-order valence-corrected chi connectivity index (χ4v) is 3.19. The Morgan fingerprint density at radius 2 is 2.03 bits per heavy atom. The lowest BCUT2D eigenvalue weighted by atomic mass is 10.1. The molecule has 5 rings (SSSR count). The fourth-order valence-electron chi connectivity index (χ4n) is 3.19. The maximum absolute atomic E-state index is 13.2. The minimum atomic E-state index is -0.904. The molecule has 0 aliphatic heterocycles. The third-order valence-electron chi connectivity index (χ3n) is 4.97. The number of halogens is 1. The van der Waals surface area contributed by atoms with Gasteiger partial charge in [0.1, 0.15) is 18.2 Å². The van der Waals surface area contributed by atoms with E-state index in [0.717, 1.165) is 5.56 Å². The second kappa shape index (κ2) is 6.73. The summed E-state index contributed by atoms with van der Waals surface area (Å²) in [7, 11) is 0. The summed E-state index contributed by atoms with van der Waals surface area (Å²) < 4.78 is 18.4. The number of fused-ring (bicyclic) bond motifs is 1. The highest BCUT2D eigenvalue weighted by Crippen LogP contribution is 2.43. The molecule has 0 spiro atoms. The lowest BCUT2D eigenvalue weighted by molar-refractivity contribution is 0.102. The zero-order chi connectivity index (χ0) is 20.0. The number of benzene rings is 2. The van der Waals surface area contributed by atoms with Crippen LogP contribution >= 0.6 is 0 Å². The molecule has 4 aromatic rings. The number of alkyl halides is 1. The summed E-state index contributed by atoms with van der Waals surface area (Å²) in [6.07, 6.45) is 0.889. The van der Waals surface area contributed by atoms with Crippen molar-refractivity contribution < 1.29 is 13.7 Å². The average Bonchev–Trinajstić information content (AvgIpc) is 3.26. The molecule has 0 radical (unpaired) electrons. The van der Waals surface area contributed by atoms with Gasteiger partial charge in [-0.25, -0.2) is 14.4 Å². The summed E-state index contributed by atoms with van der Waals surface area (Å²) in [5, 5.41) is 7.52. The predicted molar refractivity (Wildman–Crippen MR) is 104 cm³/mol. The van der Waals surface area contributed by atoms with Gasteiger partial charge in [0.15, 0.2) is 0 Å². The first-order valence-corrected chi connectivity index (χ1v) is 9.20. The largest absolute Gasteiger partial charge is 0.339 e. The molecule has 0 bridgehead atoms. The number of hydrogen-bond acceptors (Lipinski definition) is 6. The van der Waals surface area contributed by atoms with E-state index in [2.05, 4.69) is 25.4 Å². The number of aryl methyl sites for hydroxylation is 1. The first-order valence-electron chi connectivity index (χ1n) is 9.20. The van der Waals surface area contributed by atoms with Crippen molar-refractivity contribution in [2.45, 2.75) is 25.4 Å². The monoisotopic (exact) mass is 389 g/mol. The number of para-hydroxylation sites is 1. The standard InChI is InChI=1S/C21H16FN5O2/c1-11-6-7-12(19-26-21(29-27-19)14-9-15(14)22)8-17(11)25-20(28)18-13-4-2-3-5-16(13)23-10-24-18/h2-8,10,14-15H,9H2,1H3,(H,25,28)/t14-,15-/m0/s1. The van der Waals surface area contributed by atoms with Gasteiger partial charge in [0.25, 0.3) is 5.91 Å². The Kier molecular flexibility index (Phi) is 4.04. The van der Waals surface area contributed by atoms with E-state index in [1.165, 1.54) is 6.33 Å². The van der Waals surface area contributed by atoms with Crippen LogP contribution in [0, 0.1) is 6.92 Å². The number of amides is 1. The lowest BCUT2D eigenvalue weighted by Gasteiger charge is -2.10. The molecule has 144 valence electrons. The van der Waals surface area contributed by atoms with Crippen molar-refractivity contribution in [1.82, 2.24) is 20.1 Å². The number of rotatable bonds is 4. The summed E-state index contributed by atoms with van der Waals surface area (Å²) in [6.45, 7) is 1.89. The van der Waals surface area contributed by atoms with Gasteiger partial charge in [0.05, 0.1) is 11.4 Å². The summed E-state index contributed by atoms with van der Waals surface area (Å²) >= 11 is 0. The van der Waals surface area contributed by atoms with E-state index >= 15 is 0 Å². The van der Waals surface area contributed by atoms with Crippen molar-refractivity contribution in [3.63, 3.8) is 0 Å². The molecule has 1 saturated carbocycles. The Bertz CT molecular complexity index is 1230. The highest BCUT2D eigenvalue weighted by Gasteiger charge is 2.43. The molecule has 1 aliphatic rings. The molecule has 2 aromatic carbocycles. The van der Waals surface area contributed by atoms with Crippen molar-refractivity contribution in [3.8, 4) is 11.4 Å². The van der Waals surface area contributed by atoms with Crippen LogP contribution in [0.25, 0.3) is 22.3 Å². The van der Waals surface area contributed by atoms with Crippen molar-refractivity contribution in [3.05, 3.63) is 65.9 Å². The Labute approximate surface area is 165 Å². The van der Waals surface area contributed by atoms with Gasteiger partial charge in [-0.3, -0.25) is 4.79 Å². The molecule has 8 heteroatoms. The SMILES string of the molecule is Cc1ccc(-c2noc([C@H]3C[C@@H]3F)n2)cc1NC(=O)c1ncnc2ccccc12. The lowest BCUT2D eigenvalue weighted by Crippen LogP contribution is -2.15. The normalized spacial score (nSPS) is 18.0. The van der Waals surface area contributed by atoms with Crippen LogP contribution in [0.1, 0.15) is 34.3 Å². The molecule has 1 amide bonds. The van der Waals surface area contributed by atoms with Crippen molar-refractivity contribution >= 4 is 22.5 Å². The highest BCUT2D eigenvalue weighted by molar-refractivity contribution is 6.11. The van der Waals surface area contributed by atoms with Gasteiger partial charge < -0.3 is 9.84 Å². The number of carbonyl (C=O) groups excluding carboxylic acids is 1. The molecule has 1 N–H and O–H groups in total. The van der Waals surface area contributed by atoms with Crippen LogP contribution in [-0.2, 0) is 0 Å². The maximum atomic E-state index is 13.2. The van der Waals surface area contributed by atoms with Crippen molar-refractivity contribution in [2.75, 3.05) is 5.32 Å². The van der Waals surface area contributed by atoms with Gasteiger partial charge in [-0.2, -0.15) is 4.98 Å². The van der Waals surface area contributed by atoms with Crippen molar-refractivity contribution in [2.24, 2.45) is 0 Å². The first-order chi connectivity index (χ1) is 14.1. The Hall–Kier alpha value is -3.68. The molecule has 29 heavy (non-hydrogen) atoms.